The van der Waals surface area contributed by atoms with E-state index in [0.29, 0.717) is 5.65 Å². The van der Waals surface area contributed by atoms with Crippen LogP contribution in [0.4, 0.5) is 21.7 Å². The number of nitrogens with zero attached hydrogens (tertiary/aromatic N) is 2. The molecule has 1 aliphatic rings. The Hall–Kier alpha value is -2.68. The highest BCUT2D eigenvalue weighted by atomic mass is 32.2. The van der Waals surface area contributed by atoms with Crippen molar-refractivity contribution in [3.05, 3.63) is 41.2 Å². The molecule has 0 saturated heterocycles. The van der Waals surface area contributed by atoms with Gasteiger partial charge >= 0.3 is 0 Å². The molecule has 0 spiro atoms. The number of sulfonamides is 1. The van der Waals surface area contributed by atoms with E-state index < -0.39 is 15.8 Å². The zero-order valence-electron chi connectivity index (χ0n) is 13.4. The van der Waals surface area contributed by atoms with E-state index in [0.717, 1.165) is 31.2 Å². The van der Waals surface area contributed by atoms with Gasteiger partial charge in [-0.25, -0.2) is 17.8 Å². The summed E-state index contributed by atoms with van der Waals surface area (Å²) in [5.41, 5.74) is 3.60. The molecule has 0 saturated carbocycles. The van der Waals surface area contributed by atoms with Crippen LogP contribution in [0.15, 0.2) is 24.3 Å². The van der Waals surface area contributed by atoms with Gasteiger partial charge in [0.05, 0.1) is 11.6 Å². The Morgan fingerprint density at radius 2 is 2.08 bits per heavy atom. The normalized spacial score (nSPS) is 13.8. The van der Waals surface area contributed by atoms with Gasteiger partial charge in [-0.2, -0.15) is 5.10 Å². The fourth-order valence-corrected chi connectivity index (χ4v) is 3.64. The predicted octanol–water partition coefficient (Wildman–Crippen LogP) is 2.70. The fraction of sp³-hybridized carbons (Fsp3) is 0.250. The molecule has 9 heteroatoms. The second kappa shape index (κ2) is 5.69. The Kier molecular flexibility index (Phi) is 3.60. The first kappa shape index (κ1) is 15.8. The Morgan fingerprint density at radius 1 is 1.24 bits per heavy atom. The van der Waals surface area contributed by atoms with Crippen LogP contribution in [0.5, 0.6) is 0 Å². The van der Waals surface area contributed by atoms with Gasteiger partial charge in [-0.1, -0.05) is 12.1 Å². The molecule has 3 N–H and O–H groups in total. The van der Waals surface area contributed by atoms with Crippen molar-refractivity contribution in [3.8, 4) is 0 Å². The molecule has 0 amide bonds. The summed E-state index contributed by atoms with van der Waals surface area (Å²) in [6, 6.07) is 7.13. The minimum absolute atomic E-state index is 0.0241. The molecule has 0 radical (unpaired) electrons. The van der Waals surface area contributed by atoms with Gasteiger partial charge in [0.25, 0.3) is 0 Å². The Morgan fingerprint density at radius 3 is 2.88 bits per heavy atom. The molecule has 130 valence electrons. The van der Waals surface area contributed by atoms with E-state index in [-0.39, 0.29) is 17.0 Å². The number of H-pyrrole nitrogens is 1. The lowest BCUT2D eigenvalue weighted by molar-refractivity contribution is 0.606. The summed E-state index contributed by atoms with van der Waals surface area (Å²) in [7, 11) is -3.52. The summed E-state index contributed by atoms with van der Waals surface area (Å²) >= 11 is 0. The van der Waals surface area contributed by atoms with Crippen LogP contribution in [0.2, 0.25) is 0 Å². The lowest BCUT2D eigenvalue weighted by atomic mass is 10.1. The molecule has 7 nitrogen and oxygen atoms in total. The standard InChI is InChI=1S/C16H16FN5O2S/c1-25(23,24)22-15-11-8-12(17)16(19-14(11)20-21-15)18-13-7-3-5-9-4-2-6-10(9)13/h3,5,7-8H,2,4,6H2,1H3,(H3,18,19,20,21,22). The van der Waals surface area contributed by atoms with Crippen LogP contribution in [-0.4, -0.2) is 29.9 Å². The molecule has 1 aliphatic carbocycles. The average molecular weight is 361 g/mol. The molecule has 0 bridgehead atoms. The largest absolute Gasteiger partial charge is 0.337 e. The molecule has 2 aromatic heterocycles. The molecule has 0 unspecified atom stereocenters. The van der Waals surface area contributed by atoms with Crippen LogP contribution in [-0.2, 0) is 22.9 Å². The fourth-order valence-electron chi connectivity index (χ4n) is 3.13. The highest BCUT2D eigenvalue weighted by molar-refractivity contribution is 7.92. The van der Waals surface area contributed by atoms with Gasteiger partial charge in [0.15, 0.2) is 23.1 Å². The van der Waals surface area contributed by atoms with Gasteiger partial charge in [0.2, 0.25) is 10.0 Å². The second-order valence-corrected chi connectivity index (χ2v) is 7.83. The summed E-state index contributed by atoms with van der Waals surface area (Å²) < 4.78 is 39.4. The molecule has 1 aromatic carbocycles. The van der Waals surface area contributed by atoms with Gasteiger partial charge in [-0.05, 0) is 42.5 Å². The number of halogens is 1. The summed E-state index contributed by atoms with van der Waals surface area (Å²) in [6.07, 6.45) is 4.07. The molecular formula is C16H16FN5O2S. The van der Waals surface area contributed by atoms with Crippen molar-refractivity contribution in [2.75, 3.05) is 16.3 Å². The number of fused-ring (bicyclic) bond motifs is 2. The minimum atomic E-state index is -3.52. The topological polar surface area (TPSA) is 99.8 Å². The summed E-state index contributed by atoms with van der Waals surface area (Å²) in [5, 5.41) is 9.80. The van der Waals surface area contributed by atoms with Crippen molar-refractivity contribution in [1.29, 1.82) is 0 Å². The van der Waals surface area contributed by atoms with Crippen molar-refractivity contribution < 1.29 is 12.8 Å². The molecule has 0 fully saturated rings. The van der Waals surface area contributed by atoms with Crippen molar-refractivity contribution >= 4 is 38.4 Å². The predicted molar refractivity (Wildman–Crippen MR) is 94.1 cm³/mol. The Bertz CT molecular complexity index is 1080. The molecule has 0 atom stereocenters. The van der Waals surface area contributed by atoms with E-state index in [1.54, 1.807) is 0 Å². The maximum absolute atomic E-state index is 14.5. The zero-order valence-corrected chi connectivity index (χ0v) is 14.2. The van der Waals surface area contributed by atoms with Gasteiger partial charge in [-0.3, -0.25) is 9.82 Å². The van der Waals surface area contributed by atoms with Gasteiger partial charge in [-0.15, -0.1) is 0 Å². The average Bonchev–Trinajstić information content (AvgIpc) is 3.15. The molecule has 3 aromatic rings. The second-order valence-electron chi connectivity index (χ2n) is 6.08. The number of benzene rings is 1. The number of rotatable bonds is 4. The monoisotopic (exact) mass is 361 g/mol. The SMILES string of the molecule is CS(=O)(=O)Nc1n[nH]c2nc(Nc3cccc4c3CCC4)c(F)cc12. The molecule has 2 heterocycles. The van der Waals surface area contributed by atoms with Crippen molar-refractivity contribution in [2.45, 2.75) is 19.3 Å². The highest BCUT2D eigenvalue weighted by Gasteiger charge is 2.18. The van der Waals surface area contributed by atoms with E-state index >= 15 is 0 Å². The van der Waals surface area contributed by atoms with Crippen molar-refractivity contribution in [1.82, 2.24) is 15.2 Å². The quantitative estimate of drug-likeness (QED) is 0.663. The number of anilines is 3. The minimum Gasteiger partial charge on any atom is -0.337 e. The summed E-state index contributed by atoms with van der Waals surface area (Å²) in [4.78, 5) is 4.21. The number of aromatic amines is 1. The lowest BCUT2D eigenvalue weighted by Crippen LogP contribution is -2.10. The number of aryl methyl sites for hydroxylation is 1. The number of nitrogens with one attached hydrogen (secondary N) is 3. The molecule has 0 aliphatic heterocycles. The number of hydrogen-bond donors (Lipinski definition) is 3. The van der Waals surface area contributed by atoms with Crippen LogP contribution in [0, 0.1) is 5.82 Å². The molecule has 25 heavy (non-hydrogen) atoms. The lowest BCUT2D eigenvalue weighted by Gasteiger charge is -2.11. The van der Waals surface area contributed by atoms with Crippen LogP contribution in [0.3, 0.4) is 0 Å². The number of pyridine rings is 1. The maximum Gasteiger partial charge on any atom is 0.231 e. The van der Waals surface area contributed by atoms with Crippen LogP contribution < -0.4 is 10.0 Å². The van der Waals surface area contributed by atoms with Gasteiger partial charge < -0.3 is 5.32 Å². The summed E-state index contributed by atoms with van der Waals surface area (Å²) in [6.45, 7) is 0. The summed E-state index contributed by atoms with van der Waals surface area (Å²) in [5.74, 6) is -0.487. The molecule has 4 rings (SSSR count). The Labute approximate surface area is 143 Å². The van der Waals surface area contributed by atoms with Crippen LogP contribution in [0.1, 0.15) is 17.5 Å². The van der Waals surface area contributed by atoms with E-state index in [2.05, 4.69) is 31.3 Å². The first-order valence-electron chi connectivity index (χ1n) is 7.81. The van der Waals surface area contributed by atoms with Gasteiger partial charge in [0.1, 0.15) is 0 Å². The van der Waals surface area contributed by atoms with Crippen molar-refractivity contribution in [3.63, 3.8) is 0 Å². The van der Waals surface area contributed by atoms with E-state index in [1.807, 2.05) is 12.1 Å². The molecular weight excluding hydrogens is 345 g/mol. The maximum atomic E-state index is 14.5. The first-order valence-corrected chi connectivity index (χ1v) is 9.70. The number of aromatic nitrogens is 3. The third-order valence-corrected chi connectivity index (χ3v) is 4.75. The first-order chi connectivity index (χ1) is 11.9. The zero-order chi connectivity index (χ0) is 17.6. The van der Waals surface area contributed by atoms with Crippen molar-refractivity contribution in [2.24, 2.45) is 0 Å². The smallest absolute Gasteiger partial charge is 0.231 e. The highest BCUT2D eigenvalue weighted by Crippen LogP contribution is 2.32. The van der Waals surface area contributed by atoms with E-state index in [4.69, 9.17) is 0 Å². The third kappa shape index (κ3) is 3.02. The number of hydrogen-bond acceptors (Lipinski definition) is 5. The van der Waals surface area contributed by atoms with Crippen LogP contribution in [0.25, 0.3) is 11.0 Å². The third-order valence-electron chi connectivity index (χ3n) is 4.19. The van der Waals surface area contributed by atoms with E-state index in [1.165, 1.54) is 17.2 Å². The Balaban J connectivity index is 1.72. The van der Waals surface area contributed by atoms with E-state index in [9.17, 15) is 12.8 Å². The van der Waals surface area contributed by atoms with Gasteiger partial charge in [0, 0.05) is 5.69 Å². The van der Waals surface area contributed by atoms with Crippen LogP contribution >= 0.6 is 0 Å².